The van der Waals surface area contributed by atoms with Gasteiger partial charge in [-0.25, -0.2) is 12.8 Å². The number of rotatable bonds is 5. The smallest absolute Gasteiger partial charge is 0.294 e. The first-order valence-corrected chi connectivity index (χ1v) is 12.1. The molecule has 0 bridgehead atoms. The number of carbonyl (C=O) groups excluding carboxylic acids is 1. The number of benzene rings is 3. The first kappa shape index (κ1) is 24.2. The third kappa shape index (κ3) is 4.67. The van der Waals surface area contributed by atoms with Crippen molar-refractivity contribution in [1.82, 2.24) is 0 Å². The van der Waals surface area contributed by atoms with Gasteiger partial charge in [0.15, 0.2) is 5.78 Å². The van der Waals surface area contributed by atoms with Crippen molar-refractivity contribution in [3.8, 4) is 0 Å². The molecule has 1 heterocycles. The molecule has 0 unspecified atom stereocenters. The summed E-state index contributed by atoms with van der Waals surface area (Å²) in [6.45, 7) is 0.132. The first-order valence-electron chi connectivity index (χ1n) is 10.3. The van der Waals surface area contributed by atoms with Gasteiger partial charge in [0.05, 0.1) is 26.7 Å². The van der Waals surface area contributed by atoms with Crippen LogP contribution in [0.25, 0.3) is 0 Å². The van der Waals surface area contributed by atoms with Crippen LogP contribution < -0.4 is 4.31 Å². The number of anilines is 1. The summed E-state index contributed by atoms with van der Waals surface area (Å²) in [7, 11) is -4.15. The summed E-state index contributed by atoms with van der Waals surface area (Å²) in [4.78, 5) is 12.4. The number of carbonyl (C=O) groups is 1. The monoisotopic (exact) mass is 511 g/mol. The number of hydrogen-bond donors (Lipinski definition) is 0. The van der Waals surface area contributed by atoms with E-state index in [9.17, 15) is 30.8 Å². The van der Waals surface area contributed by atoms with Gasteiger partial charge in [0.25, 0.3) is 10.0 Å². The Morgan fingerprint density at radius 1 is 1.03 bits per heavy atom. The molecule has 0 amide bonds. The van der Waals surface area contributed by atoms with Gasteiger partial charge in [-0.05, 0) is 66.4 Å². The number of fused-ring (bicyclic) bond motifs is 1. The van der Waals surface area contributed by atoms with E-state index in [0.717, 1.165) is 40.2 Å². The van der Waals surface area contributed by atoms with Gasteiger partial charge in [-0.1, -0.05) is 29.8 Å². The van der Waals surface area contributed by atoms with E-state index in [1.165, 1.54) is 12.1 Å². The van der Waals surface area contributed by atoms with Gasteiger partial charge >= 0.3 is 6.18 Å². The van der Waals surface area contributed by atoms with E-state index in [2.05, 4.69) is 0 Å². The predicted molar refractivity (Wildman–Crippen MR) is 120 cm³/mol. The lowest BCUT2D eigenvalue weighted by molar-refractivity contribution is -0.137. The maximum Gasteiger partial charge on any atom is 0.416 e. The van der Waals surface area contributed by atoms with Crippen LogP contribution in [0.1, 0.15) is 33.5 Å². The van der Waals surface area contributed by atoms with Gasteiger partial charge in [0.2, 0.25) is 0 Å². The predicted octanol–water partition coefficient (Wildman–Crippen LogP) is 6.06. The topological polar surface area (TPSA) is 54.5 Å². The Balaban J connectivity index is 1.66. The molecule has 178 valence electrons. The molecule has 3 aromatic carbocycles. The van der Waals surface area contributed by atoms with Gasteiger partial charge < -0.3 is 0 Å². The highest BCUT2D eigenvalue weighted by Gasteiger charge is 2.33. The molecule has 0 radical (unpaired) electrons. The van der Waals surface area contributed by atoms with Crippen molar-refractivity contribution in [3.63, 3.8) is 0 Å². The van der Waals surface area contributed by atoms with Crippen LogP contribution in [-0.2, 0) is 29.0 Å². The van der Waals surface area contributed by atoms with Gasteiger partial charge in [-0.15, -0.1) is 0 Å². The number of aryl methyl sites for hydroxylation is 1. The Bertz CT molecular complexity index is 1340. The Kier molecular flexibility index (Phi) is 6.44. The molecule has 0 saturated carbocycles. The second kappa shape index (κ2) is 9.03. The van der Waals surface area contributed by atoms with Crippen molar-refractivity contribution in [2.24, 2.45) is 0 Å². The number of Topliss-reactive ketones (excluding diaryl/α,β-unsaturated/α-hetero) is 1. The van der Waals surface area contributed by atoms with E-state index in [1.54, 1.807) is 18.2 Å². The number of halogens is 5. The van der Waals surface area contributed by atoms with Crippen LogP contribution in [0.5, 0.6) is 0 Å². The third-order valence-corrected chi connectivity index (χ3v) is 7.74. The summed E-state index contributed by atoms with van der Waals surface area (Å²) < 4.78 is 80.4. The van der Waals surface area contributed by atoms with Crippen molar-refractivity contribution in [2.75, 3.05) is 10.8 Å². The molecule has 1 aliphatic heterocycles. The molecule has 0 N–H and O–H groups in total. The lowest BCUT2D eigenvalue weighted by Crippen LogP contribution is -2.35. The Morgan fingerprint density at radius 2 is 1.74 bits per heavy atom. The molecular formula is C24H18ClF4NO3S. The lowest BCUT2D eigenvalue weighted by atomic mass is 9.97. The summed E-state index contributed by atoms with van der Waals surface area (Å²) >= 11 is 5.98. The molecular weight excluding hydrogens is 494 g/mol. The Labute approximate surface area is 198 Å². The van der Waals surface area contributed by atoms with Crippen molar-refractivity contribution in [3.05, 3.63) is 93.8 Å². The van der Waals surface area contributed by atoms with Gasteiger partial charge in [-0.2, -0.15) is 13.2 Å². The molecule has 0 saturated heterocycles. The maximum absolute atomic E-state index is 14.1. The fourth-order valence-electron chi connectivity index (χ4n) is 3.93. The number of sulfonamides is 1. The number of alkyl halides is 3. The zero-order valence-electron chi connectivity index (χ0n) is 17.6. The summed E-state index contributed by atoms with van der Waals surface area (Å²) in [5.74, 6) is -1.31. The average Bonchev–Trinajstić information content (AvgIpc) is 2.78. The van der Waals surface area contributed by atoms with Crippen LogP contribution in [0, 0.1) is 5.82 Å². The van der Waals surface area contributed by atoms with Crippen LogP contribution in [0.3, 0.4) is 0 Å². The minimum atomic E-state index is -4.58. The molecule has 4 nitrogen and oxygen atoms in total. The standard InChI is InChI=1S/C24H18ClF4NO3S/c25-19-4-1-5-20(26)23(19)22(31)14-15-6-7-16-3-2-12-30(21(16)13-15)34(32,33)18-10-8-17(9-11-18)24(27,28)29/h1,4-11,13H,2-3,12,14H2. The summed E-state index contributed by atoms with van der Waals surface area (Å²) in [5.41, 5.74) is 0.338. The van der Waals surface area contributed by atoms with Crippen LogP contribution >= 0.6 is 11.6 Å². The van der Waals surface area contributed by atoms with Gasteiger partial charge in [0, 0.05) is 13.0 Å². The summed E-state index contributed by atoms with van der Waals surface area (Å²) in [6, 6.07) is 12.2. The Hall–Kier alpha value is -2.91. The van der Waals surface area contributed by atoms with E-state index < -0.39 is 33.4 Å². The third-order valence-electron chi connectivity index (χ3n) is 5.60. The van der Waals surface area contributed by atoms with Crippen molar-refractivity contribution >= 4 is 33.1 Å². The van der Waals surface area contributed by atoms with E-state index in [1.807, 2.05) is 0 Å². The highest BCUT2D eigenvalue weighted by molar-refractivity contribution is 7.92. The highest BCUT2D eigenvalue weighted by Crippen LogP contribution is 2.35. The molecule has 3 aromatic rings. The molecule has 0 atom stereocenters. The molecule has 0 aromatic heterocycles. The second-order valence-electron chi connectivity index (χ2n) is 7.86. The van der Waals surface area contributed by atoms with E-state index >= 15 is 0 Å². The first-order chi connectivity index (χ1) is 16.0. The molecule has 34 heavy (non-hydrogen) atoms. The quantitative estimate of drug-likeness (QED) is 0.309. The van der Waals surface area contributed by atoms with Gasteiger partial charge in [-0.3, -0.25) is 9.10 Å². The van der Waals surface area contributed by atoms with Crippen LogP contribution in [-0.4, -0.2) is 20.7 Å². The van der Waals surface area contributed by atoms with Crippen molar-refractivity contribution in [2.45, 2.75) is 30.3 Å². The number of ketones is 1. The largest absolute Gasteiger partial charge is 0.416 e. The SMILES string of the molecule is O=C(Cc1ccc2c(c1)N(S(=O)(=O)c1ccc(C(F)(F)F)cc1)CCC2)c1c(F)cccc1Cl. The fraction of sp³-hybridized carbons (Fsp3) is 0.208. The van der Waals surface area contributed by atoms with Crippen LogP contribution in [0.15, 0.2) is 65.6 Å². The van der Waals surface area contributed by atoms with Crippen molar-refractivity contribution < 1.29 is 30.8 Å². The normalized spacial score (nSPS) is 14.1. The van der Waals surface area contributed by atoms with Crippen LogP contribution in [0.4, 0.5) is 23.2 Å². The summed E-state index contributed by atoms with van der Waals surface area (Å²) in [5, 5.41) is -0.0190. The molecule has 4 rings (SSSR count). The zero-order chi connectivity index (χ0) is 24.7. The minimum absolute atomic E-state index is 0.0190. The molecule has 1 aliphatic rings. The number of hydrogen-bond acceptors (Lipinski definition) is 3. The fourth-order valence-corrected chi connectivity index (χ4v) is 5.73. The maximum atomic E-state index is 14.1. The molecule has 10 heteroatoms. The highest BCUT2D eigenvalue weighted by atomic mass is 35.5. The molecule has 0 spiro atoms. The zero-order valence-corrected chi connectivity index (χ0v) is 19.1. The average molecular weight is 512 g/mol. The minimum Gasteiger partial charge on any atom is -0.294 e. The second-order valence-corrected chi connectivity index (χ2v) is 10.1. The Morgan fingerprint density at radius 3 is 2.38 bits per heavy atom. The summed E-state index contributed by atoms with van der Waals surface area (Å²) in [6.07, 6.45) is -3.66. The lowest BCUT2D eigenvalue weighted by Gasteiger charge is -2.31. The van der Waals surface area contributed by atoms with E-state index in [4.69, 9.17) is 11.6 Å². The molecule has 0 aliphatic carbocycles. The van der Waals surface area contributed by atoms with Crippen molar-refractivity contribution in [1.29, 1.82) is 0 Å². The molecule has 0 fully saturated rings. The van der Waals surface area contributed by atoms with E-state index in [-0.39, 0.29) is 28.4 Å². The van der Waals surface area contributed by atoms with Crippen LogP contribution in [0.2, 0.25) is 5.02 Å². The van der Waals surface area contributed by atoms with Gasteiger partial charge in [0.1, 0.15) is 5.82 Å². The van der Waals surface area contributed by atoms with E-state index in [0.29, 0.717) is 24.1 Å². The number of nitrogens with zero attached hydrogens (tertiary/aromatic N) is 1.